The van der Waals surface area contributed by atoms with Gasteiger partial charge in [-0.2, -0.15) is 0 Å². The SMILES string of the molecule is CCCCCCCC/C=C/CC/C=C/[C@@H](O)[C@H](CO[C@@H]1O[C@H](CO)[C@@H](O)C(O)C1O)NC(=O)CCCCCCCCC. The second-order valence-electron chi connectivity index (χ2n) is 11.6. The number of hydrogen-bond acceptors (Lipinski definition) is 8. The molecule has 0 aromatic rings. The quantitative estimate of drug-likeness (QED) is 0.0667. The molecule has 1 heterocycles. The number of amides is 1. The zero-order valence-corrected chi connectivity index (χ0v) is 26.2. The molecule has 1 aliphatic heterocycles. The Balaban J connectivity index is 2.57. The van der Waals surface area contributed by atoms with Crippen LogP contribution in [-0.4, -0.2) is 87.5 Å². The van der Waals surface area contributed by atoms with Crippen LogP contribution in [0.4, 0.5) is 0 Å². The first-order valence-corrected chi connectivity index (χ1v) is 16.6. The van der Waals surface area contributed by atoms with Crippen LogP contribution in [0.2, 0.25) is 0 Å². The monoisotopic (exact) mass is 599 g/mol. The minimum absolute atomic E-state index is 0.198. The summed E-state index contributed by atoms with van der Waals surface area (Å²) < 4.78 is 11.1. The minimum Gasteiger partial charge on any atom is -0.394 e. The predicted octanol–water partition coefficient (Wildman–Crippen LogP) is 4.43. The maximum atomic E-state index is 12.7. The van der Waals surface area contributed by atoms with Crippen molar-refractivity contribution in [3.8, 4) is 0 Å². The van der Waals surface area contributed by atoms with Crippen molar-refractivity contribution in [3.05, 3.63) is 24.3 Å². The maximum Gasteiger partial charge on any atom is 0.220 e. The van der Waals surface area contributed by atoms with Gasteiger partial charge in [-0.25, -0.2) is 0 Å². The van der Waals surface area contributed by atoms with E-state index in [1.165, 1.54) is 64.2 Å². The molecule has 7 atom stereocenters. The second kappa shape index (κ2) is 25.0. The average molecular weight is 600 g/mol. The molecule has 0 aromatic carbocycles. The third kappa shape index (κ3) is 17.1. The molecule has 1 rings (SSSR count). The first-order chi connectivity index (χ1) is 20.3. The molecule has 0 spiro atoms. The molecule has 0 saturated carbocycles. The lowest BCUT2D eigenvalue weighted by Gasteiger charge is -2.40. The van der Waals surface area contributed by atoms with Crippen LogP contribution in [0.25, 0.3) is 0 Å². The van der Waals surface area contributed by atoms with Gasteiger partial charge in [0.25, 0.3) is 0 Å². The Morgan fingerprint density at radius 1 is 0.786 bits per heavy atom. The van der Waals surface area contributed by atoms with Gasteiger partial charge in [0, 0.05) is 6.42 Å². The summed E-state index contributed by atoms with van der Waals surface area (Å²) in [5.41, 5.74) is 0. The molecule has 246 valence electrons. The van der Waals surface area contributed by atoms with Gasteiger partial charge in [-0.15, -0.1) is 0 Å². The smallest absolute Gasteiger partial charge is 0.220 e. The van der Waals surface area contributed by atoms with Crippen LogP contribution in [0.1, 0.15) is 123 Å². The Morgan fingerprint density at radius 3 is 2.00 bits per heavy atom. The van der Waals surface area contributed by atoms with Gasteiger partial charge in [0.2, 0.25) is 5.91 Å². The first kappa shape index (κ1) is 38.7. The number of nitrogens with one attached hydrogen (secondary N) is 1. The number of carbonyl (C=O) groups excluding carboxylic acids is 1. The van der Waals surface area contributed by atoms with E-state index in [1.807, 2.05) is 6.08 Å². The molecule has 6 N–H and O–H groups in total. The molecular formula is C33H61NO8. The van der Waals surface area contributed by atoms with Crippen LogP contribution < -0.4 is 5.32 Å². The molecule has 1 amide bonds. The second-order valence-corrected chi connectivity index (χ2v) is 11.6. The standard InChI is InChI=1S/C33H61NO8/c1-3-5-7-9-11-12-13-14-15-17-18-20-22-27(36)26(34-29(37)23-21-19-16-10-8-6-4-2)25-41-33-32(40)31(39)30(38)28(24-35)42-33/h14-15,20,22,26-28,30-33,35-36,38-40H,3-13,16-19,21,23-25H2,1-2H3,(H,34,37)/b15-14+,22-20+/t26-,27+,28+,30+,31?,32?,33+/m0/s1. The molecule has 1 saturated heterocycles. The molecule has 0 aliphatic carbocycles. The number of hydrogen-bond donors (Lipinski definition) is 6. The maximum absolute atomic E-state index is 12.7. The van der Waals surface area contributed by atoms with Crippen LogP contribution in [0.3, 0.4) is 0 Å². The van der Waals surface area contributed by atoms with E-state index in [9.17, 15) is 30.3 Å². The highest BCUT2D eigenvalue weighted by Crippen LogP contribution is 2.22. The predicted molar refractivity (Wildman–Crippen MR) is 166 cm³/mol. The van der Waals surface area contributed by atoms with Gasteiger partial charge in [0.1, 0.15) is 24.4 Å². The molecule has 9 heteroatoms. The summed E-state index contributed by atoms with van der Waals surface area (Å²) in [7, 11) is 0. The summed E-state index contributed by atoms with van der Waals surface area (Å²) in [6.07, 6.45) is 18.2. The summed E-state index contributed by atoms with van der Waals surface area (Å²) >= 11 is 0. The summed E-state index contributed by atoms with van der Waals surface area (Å²) in [5, 5.41) is 53.5. The van der Waals surface area contributed by atoms with E-state index in [4.69, 9.17) is 9.47 Å². The summed E-state index contributed by atoms with van der Waals surface area (Å²) in [6.45, 7) is 3.64. The molecule has 1 aliphatic rings. The topological polar surface area (TPSA) is 149 Å². The Hall–Kier alpha value is -1.33. The number of rotatable bonds is 25. The van der Waals surface area contributed by atoms with Crippen molar-refractivity contribution in [1.29, 1.82) is 0 Å². The zero-order valence-electron chi connectivity index (χ0n) is 26.2. The van der Waals surface area contributed by atoms with Crippen molar-refractivity contribution in [3.63, 3.8) is 0 Å². The number of aliphatic hydroxyl groups is 5. The van der Waals surface area contributed by atoms with Crippen molar-refractivity contribution in [2.45, 2.75) is 166 Å². The Kier molecular flexibility index (Phi) is 23.1. The first-order valence-electron chi connectivity index (χ1n) is 16.6. The highest BCUT2D eigenvalue weighted by Gasteiger charge is 2.44. The summed E-state index contributed by atoms with van der Waals surface area (Å²) in [4.78, 5) is 12.7. The highest BCUT2D eigenvalue weighted by molar-refractivity contribution is 5.76. The summed E-state index contributed by atoms with van der Waals surface area (Å²) in [5.74, 6) is -0.198. The molecule has 42 heavy (non-hydrogen) atoms. The van der Waals surface area contributed by atoms with Crippen molar-refractivity contribution in [1.82, 2.24) is 5.32 Å². The van der Waals surface area contributed by atoms with Gasteiger partial charge in [-0.05, 0) is 32.1 Å². The number of aliphatic hydroxyl groups excluding tert-OH is 5. The van der Waals surface area contributed by atoms with E-state index >= 15 is 0 Å². The Morgan fingerprint density at radius 2 is 1.36 bits per heavy atom. The van der Waals surface area contributed by atoms with Gasteiger partial charge in [0.05, 0.1) is 25.4 Å². The van der Waals surface area contributed by atoms with Crippen molar-refractivity contribution < 1.29 is 39.8 Å². The van der Waals surface area contributed by atoms with Gasteiger partial charge in [-0.3, -0.25) is 4.79 Å². The number of unbranched alkanes of at least 4 members (excludes halogenated alkanes) is 13. The van der Waals surface area contributed by atoms with Crippen LogP contribution in [-0.2, 0) is 14.3 Å². The lowest BCUT2D eigenvalue weighted by Crippen LogP contribution is -2.60. The van der Waals surface area contributed by atoms with E-state index < -0.39 is 49.5 Å². The van der Waals surface area contributed by atoms with Crippen LogP contribution >= 0.6 is 0 Å². The molecule has 0 aromatic heterocycles. The molecule has 0 radical (unpaired) electrons. The zero-order chi connectivity index (χ0) is 31.0. The number of ether oxygens (including phenoxy) is 2. The number of carbonyl (C=O) groups is 1. The van der Waals surface area contributed by atoms with E-state index in [-0.39, 0.29) is 12.5 Å². The van der Waals surface area contributed by atoms with Gasteiger partial charge in [0.15, 0.2) is 6.29 Å². The third-order valence-electron chi connectivity index (χ3n) is 7.78. The third-order valence-corrected chi connectivity index (χ3v) is 7.78. The van der Waals surface area contributed by atoms with E-state index in [0.717, 1.165) is 38.5 Å². The largest absolute Gasteiger partial charge is 0.394 e. The van der Waals surface area contributed by atoms with E-state index in [1.54, 1.807) is 6.08 Å². The van der Waals surface area contributed by atoms with Crippen LogP contribution in [0, 0.1) is 0 Å². The van der Waals surface area contributed by atoms with Crippen LogP contribution in [0.5, 0.6) is 0 Å². The fourth-order valence-electron chi connectivity index (χ4n) is 4.99. The Bertz CT molecular complexity index is 716. The van der Waals surface area contributed by atoms with Gasteiger partial charge < -0.3 is 40.3 Å². The number of allylic oxidation sites excluding steroid dienone is 3. The molecular weight excluding hydrogens is 538 g/mol. The fraction of sp³-hybridized carbons (Fsp3) is 0.848. The van der Waals surface area contributed by atoms with Gasteiger partial charge >= 0.3 is 0 Å². The average Bonchev–Trinajstić information content (AvgIpc) is 2.98. The van der Waals surface area contributed by atoms with Crippen molar-refractivity contribution in [2.24, 2.45) is 0 Å². The van der Waals surface area contributed by atoms with Crippen molar-refractivity contribution >= 4 is 5.91 Å². The molecule has 1 fully saturated rings. The molecule has 9 nitrogen and oxygen atoms in total. The van der Waals surface area contributed by atoms with E-state index in [2.05, 4.69) is 31.3 Å². The van der Waals surface area contributed by atoms with Crippen LogP contribution in [0.15, 0.2) is 24.3 Å². The fourth-order valence-corrected chi connectivity index (χ4v) is 4.99. The lowest BCUT2D eigenvalue weighted by atomic mass is 9.99. The normalized spacial score (nSPS) is 24.4. The Labute approximate surface area is 254 Å². The molecule has 2 unspecified atom stereocenters. The van der Waals surface area contributed by atoms with Crippen molar-refractivity contribution in [2.75, 3.05) is 13.2 Å². The van der Waals surface area contributed by atoms with E-state index in [0.29, 0.717) is 6.42 Å². The minimum atomic E-state index is -1.56. The highest BCUT2D eigenvalue weighted by atomic mass is 16.7. The van der Waals surface area contributed by atoms with Gasteiger partial charge in [-0.1, -0.05) is 109 Å². The molecule has 0 bridgehead atoms. The summed E-state index contributed by atoms with van der Waals surface area (Å²) in [6, 6.07) is -0.811. The lowest BCUT2D eigenvalue weighted by molar-refractivity contribution is -0.302.